The maximum atomic E-state index is 10.9. The first-order chi connectivity index (χ1) is 8.66. The van der Waals surface area contributed by atoms with Gasteiger partial charge in [0.05, 0.1) is 5.57 Å². The fourth-order valence-corrected chi connectivity index (χ4v) is 3.12. The number of carbonyl (C=O) groups is 1. The zero-order valence-electron chi connectivity index (χ0n) is 9.51. The lowest BCUT2D eigenvalue weighted by molar-refractivity contribution is -0.130. The van der Waals surface area contributed by atoms with Gasteiger partial charge in [-0.3, -0.25) is 0 Å². The van der Waals surface area contributed by atoms with Crippen LogP contribution in [0, 0.1) is 0 Å². The molecule has 0 amide bonds. The van der Waals surface area contributed by atoms with Gasteiger partial charge in [0.2, 0.25) is 0 Å². The number of fused-ring (bicyclic) bond motifs is 3. The highest BCUT2D eigenvalue weighted by atomic mass is 32.1. The van der Waals surface area contributed by atoms with E-state index in [0.29, 0.717) is 5.56 Å². The van der Waals surface area contributed by atoms with Crippen molar-refractivity contribution < 1.29 is 9.90 Å². The van der Waals surface area contributed by atoms with Crippen molar-refractivity contribution in [1.29, 1.82) is 0 Å². The third kappa shape index (κ3) is 1.60. The highest BCUT2D eigenvalue weighted by Crippen LogP contribution is 2.34. The van der Waals surface area contributed by atoms with Gasteiger partial charge in [0, 0.05) is 20.2 Å². The summed E-state index contributed by atoms with van der Waals surface area (Å²) in [6.45, 7) is 3.60. The highest BCUT2D eigenvalue weighted by molar-refractivity contribution is 7.25. The van der Waals surface area contributed by atoms with Crippen molar-refractivity contribution in [2.75, 3.05) is 0 Å². The summed E-state index contributed by atoms with van der Waals surface area (Å²) >= 11 is 1.71. The fraction of sp³-hybridized carbons (Fsp3) is 0. The molecule has 0 saturated carbocycles. The van der Waals surface area contributed by atoms with E-state index < -0.39 is 5.97 Å². The summed E-state index contributed by atoms with van der Waals surface area (Å²) in [7, 11) is 0. The van der Waals surface area contributed by atoms with E-state index in [1.54, 1.807) is 11.3 Å². The smallest absolute Gasteiger partial charge is 0.335 e. The minimum atomic E-state index is -0.978. The van der Waals surface area contributed by atoms with E-state index in [0.717, 1.165) is 15.5 Å². The van der Waals surface area contributed by atoms with Crippen LogP contribution in [0.25, 0.3) is 25.7 Å². The molecule has 1 heterocycles. The second kappa shape index (κ2) is 3.96. The third-order valence-electron chi connectivity index (χ3n) is 2.98. The van der Waals surface area contributed by atoms with Crippen LogP contribution in [0.5, 0.6) is 0 Å². The van der Waals surface area contributed by atoms with Crippen molar-refractivity contribution in [1.82, 2.24) is 0 Å². The lowest BCUT2D eigenvalue weighted by Crippen LogP contribution is -1.97. The van der Waals surface area contributed by atoms with Crippen molar-refractivity contribution >= 4 is 43.1 Å². The van der Waals surface area contributed by atoms with Crippen molar-refractivity contribution in [2.45, 2.75) is 0 Å². The topological polar surface area (TPSA) is 37.3 Å². The molecule has 0 saturated heterocycles. The summed E-state index contributed by atoms with van der Waals surface area (Å²) in [6.07, 6.45) is 0. The van der Waals surface area contributed by atoms with Crippen LogP contribution in [-0.4, -0.2) is 11.1 Å². The summed E-state index contributed by atoms with van der Waals surface area (Å²) in [5, 5.41) is 11.2. The summed E-state index contributed by atoms with van der Waals surface area (Å²) in [5.41, 5.74) is 0.797. The second-order valence-electron chi connectivity index (χ2n) is 4.09. The molecule has 0 aliphatic rings. The van der Waals surface area contributed by atoms with Crippen LogP contribution < -0.4 is 0 Å². The molecule has 3 rings (SSSR count). The van der Waals surface area contributed by atoms with E-state index in [2.05, 4.69) is 18.7 Å². The molecule has 0 atom stereocenters. The van der Waals surface area contributed by atoms with Gasteiger partial charge in [0.15, 0.2) is 0 Å². The number of rotatable bonds is 2. The van der Waals surface area contributed by atoms with E-state index in [1.807, 2.05) is 30.3 Å². The Balaban J connectivity index is 2.31. The molecule has 0 fully saturated rings. The van der Waals surface area contributed by atoms with E-state index in [-0.39, 0.29) is 5.57 Å². The minimum Gasteiger partial charge on any atom is -0.478 e. The van der Waals surface area contributed by atoms with Crippen molar-refractivity contribution in [3.63, 3.8) is 0 Å². The Morgan fingerprint density at radius 2 is 1.78 bits per heavy atom. The Morgan fingerprint density at radius 3 is 2.56 bits per heavy atom. The Kier molecular flexibility index (Phi) is 2.42. The Labute approximate surface area is 108 Å². The molecule has 2 nitrogen and oxygen atoms in total. The Morgan fingerprint density at radius 1 is 1.06 bits per heavy atom. The van der Waals surface area contributed by atoms with Gasteiger partial charge in [-0.2, -0.15) is 0 Å². The maximum Gasteiger partial charge on any atom is 0.335 e. The van der Waals surface area contributed by atoms with Crippen molar-refractivity contribution in [3.05, 3.63) is 54.6 Å². The molecule has 0 bridgehead atoms. The second-order valence-corrected chi connectivity index (χ2v) is 5.18. The first-order valence-corrected chi connectivity index (χ1v) is 6.32. The first-order valence-electron chi connectivity index (χ1n) is 5.50. The normalized spacial score (nSPS) is 10.9. The van der Waals surface area contributed by atoms with Crippen LogP contribution in [0.3, 0.4) is 0 Å². The summed E-state index contributed by atoms with van der Waals surface area (Å²) in [4.78, 5) is 10.9. The van der Waals surface area contributed by atoms with Crippen molar-refractivity contribution in [3.8, 4) is 0 Å². The average Bonchev–Trinajstić information content (AvgIpc) is 2.75. The number of aliphatic carboxylic acids is 1. The van der Waals surface area contributed by atoms with Gasteiger partial charge in [-0.15, -0.1) is 11.3 Å². The number of carboxylic acid groups (broad SMARTS) is 1. The predicted octanol–water partition coefficient (Wildman–Crippen LogP) is 4.15. The number of hydrogen-bond donors (Lipinski definition) is 1. The molecule has 0 spiro atoms. The largest absolute Gasteiger partial charge is 0.478 e. The van der Waals surface area contributed by atoms with Crippen LogP contribution in [0.1, 0.15) is 5.56 Å². The summed E-state index contributed by atoms with van der Waals surface area (Å²) < 4.78 is 2.38. The van der Waals surface area contributed by atoms with Gasteiger partial charge in [-0.05, 0) is 23.8 Å². The molecular formula is C15H10O2S. The molecule has 0 radical (unpaired) electrons. The van der Waals surface area contributed by atoms with E-state index >= 15 is 0 Å². The van der Waals surface area contributed by atoms with Crippen LogP contribution in [0.15, 0.2) is 49.0 Å². The fourth-order valence-electron chi connectivity index (χ4n) is 2.04. The van der Waals surface area contributed by atoms with E-state index in [4.69, 9.17) is 5.11 Å². The predicted molar refractivity (Wildman–Crippen MR) is 76.0 cm³/mol. The molecule has 3 heteroatoms. The molecule has 0 aliphatic heterocycles. The Hall–Kier alpha value is -2.13. The molecule has 0 aliphatic carbocycles. The quantitative estimate of drug-likeness (QED) is 0.697. The van der Waals surface area contributed by atoms with Gasteiger partial charge in [0.25, 0.3) is 0 Å². The zero-order valence-corrected chi connectivity index (χ0v) is 10.3. The minimum absolute atomic E-state index is 0.132. The molecule has 2 aromatic carbocycles. The maximum absolute atomic E-state index is 10.9. The number of thiophene rings is 1. The average molecular weight is 254 g/mol. The number of hydrogen-bond acceptors (Lipinski definition) is 2. The van der Waals surface area contributed by atoms with Gasteiger partial charge in [0.1, 0.15) is 0 Å². The molecular weight excluding hydrogens is 244 g/mol. The zero-order chi connectivity index (χ0) is 12.7. The van der Waals surface area contributed by atoms with Crippen LogP contribution >= 0.6 is 11.3 Å². The van der Waals surface area contributed by atoms with Gasteiger partial charge in [-0.1, -0.05) is 30.8 Å². The van der Waals surface area contributed by atoms with Crippen LogP contribution in [0.2, 0.25) is 0 Å². The van der Waals surface area contributed by atoms with Crippen molar-refractivity contribution in [2.24, 2.45) is 0 Å². The van der Waals surface area contributed by atoms with E-state index in [9.17, 15) is 4.79 Å². The summed E-state index contributed by atoms with van der Waals surface area (Å²) in [5.74, 6) is -0.978. The van der Waals surface area contributed by atoms with Gasteiger partial charge in [-0.25, -0.2) is 4.79 Å². The SMILES string of the molecule is C=C(C(=O)O)c1ccc2sc3ccccc3c2c1. The molecule has 1 N–H and O–H groups in total. The van der Waals surface area contributed by atoms with Crippen LogP contribution in [0.4, 0.5) is 0 Å². The number of carboxylic acids is 1. The van der Waals surface area contributed by atoms with E-state index in [1.165, 1.54) is 4.70 Å². The molecule has 0 unspecified atom stereocenters. The lowest BCUT2D eigenvalue weighted by atomic mass is 10.0. The highest BCUT2D eigenvalue weighted by Gasteiger charge is 2.10. The Bertz CT molecular complexity index is 783. The monoisotopic (exact) mass is 254 g/mol. The first kappa shape index (κ1) is 11.0. The molecule has 1 aromatic heterocycles. The standard InChI is InChI=1S/C15H10O2S/c1-9(15(16)17)10-6-7-14-12(8-10)11-4-2-3-5-13(11)18-14/h2-8H,1H2,(H,16,17). The van der Waals surface area contributed by atoms with Crippen LogP contribution in [-0.2, 0) is 4.79 Å². The molecule has 3 aromatic rings. The summed E-state index contributed by atoms with van der Waals surface area (Å²) in [6, 6.07) is 13.8. The lowest BCUT2D eigenvalue weighted by Gasteiger charge is -2.00. The molecule has 88 valence electrons. The third-order valence-corrected chi connectivity index (χ3v) is 4.14. The van der Waals surface area contributed by atoms with Gasteiger partial charge >= 0.3 is 5.97 Å². The molecule has 18 heavy (non-hydrogen) atoms. The number of benzene rings is 2. The van der Waals surface area contributed by atoms with Gasteiger partial charge < -0.3 is 5.11 Å².